The lowest BCUT2D eigenvalue weighted by Gasteiger charge is -2.16. The average molecular weight is 429 g/mol. The number of nitrogens with one attached hydrogen (secondary N) is 1. The number of rotatable bonds is 4. The summed E-state index contributed by atoms with van der Waals surface area (Å²) in [4.78, 5) is 26.5. The first-order valence-corrected chi connectivity index (χ1v) is 8.52. The van der Waals surface area contributed by atoms with Crippen molar-refractivity contribution in [2.45, 2.75) is 6.42 Å². The van der Waals surface area contributed by atoms with Crippen molar-refractivity contribution in [2.24, 2.45) is 11.7 Å². The number of carbonyl (C=O) groups is 2. The van der Waals surface area contributed by atoms with E-state index >= 15 is 0 Å². The van der Waals surface area contributed by atoms with Gasteiger partial charge in [0, 0.05) is 24.3 Å². The number of benzene rings is 1. The highest BCUT2D eigenvalue weighted by molar-refractivity contribution is 9.10. The predicted octanol–water partition coefficient (Wildman–Crippen LogP) is 3.14. The fourth-order valence-corrected chi connectivity index (χ4v) is 3.06. The van der Waals surface area contributed by atoms with E-state index < -0.39 is 0 Å². The maximum Gasteiger partial charge on any atom is 0.291 e. The fourth-order valence-electron chi connectivity index (χ4n) is 2.75. The fraction of sp³-hybridized carbons (Fsp3) is 0.294. The van der Waals surface area contributed by atoms with Gasteiger partial charge >= 0.3 is 0 Å². The number of likely N-dealkylation sites (tertiary alicyclic amines) is 1. The Balaban J connectivity index is 0.00000225. The van der Waals surface area contributed by atoms with Crippen molar-refractivity contribution in [3.8, 4) is 0 Å². The van der Waals surface area contributed by atoms with Gasteiger partial charge in [-0.15, -0.1) is 12.4 Å². The van der Waals surface area contributed by atoms with E-state index in [1.807, 2.05) is 4.90 Å². The van der Waals surface area contributed by atoms with E-state index in [9.17, 15) is 9.59 Å². The molecule has 0 aliphatic carbocycles. The molecule has 0 bridgehead atoms. The molecule has 3 rings (SSSR count). The number of nitrogens with zero attached hydrogens (tertiary/aromatic N) is 1. The third kappa shape index (κ3) is 4.62. The van der Waals surface area contributed by atoms with E-state index in [1.165, 1.54) is 0 Å². The monoisotopic (exact) mass is 427 g/mol. The van der Waals surface area contributed by atoms with Crippen molar-refractivity contribution in [1.29, 1.82) is 0 Å². The third-order valence-corrected chi connectivity index (χ3v) is 4.50. The Kier molecular flexibility index (Phi) is 6.64. The summed E-state index contributed by atoms with van der Waals surface area (Å²) in [6.45, 7) is 2.00. The van der Waals surface area contributed by atoms with Gasteiger partial charge < -0.3 is 20.4 Å². The Hall–Kier alpha value is -1.83. The number of furan rings is 1. The molecule has 1 fully saturated rings. The quantitative estimate of drug-likeness (QED) is 0.783. The van der Waals surface area contributed by atoms with Gasteiger partial charge in [-0.1, -0.05) is 6.07 Å². The lowest BCUT2D eigenvalue weighted by atomic mass is 10.1. The van der Waals surface area contributed by atoms with E-state index in [4.69, 9.17) is 10.2 Å². The predicted molar refractivity (Wildman–Crippen MR) is 101 cm³/mol. The minimum Gasteiger partial charge on any atom is -0.444 e. The molecular weight excluding hydrogens is 410 g/mol. The lowest BCUT2D eigenvalue weighted by molar-refractivity contribution is 0.0787. The molecule has 1 aromatic carbocycles. The van der Waals surface area contributed by atoms with Crippen LogP contribution in [0.2, 0.25) is 0 Å². The SMILES string of the molecule is Cl.NCC1CCN(C(=O)c2cccc(NC(=O)c3ccc(Br)o3)c2)C1. The van der Waals surface area contributed by atoms with Crippen molar-refractivity contribution in [2.75, 3.05) is 25.0 Å². The summed E-state index contributed by atoms with van der Waals surface area (Å²) in [5.41, 5.74) is 6.77. The van der Waals surface area contributed by atoms with Crippen molar-refractivity contribution < 1.29 is 14.0 Å². The Morgan fingerprint density at radius 3 is 2.76 bits per heavy atom. The van der Waals surface area contributed by atoms with E-state index in [1.54, 1.807) is 36.4 Å². The number of nitrogens with two attached hydrogens (primary N) is 1. The molecule has 1 aliphatic heterocycles. The molecule has 0 spiro atoms. The Bertz CT molecular complexity index is 765. The van der Waals surface area contributed by atoms with Crippen LogP contribution in [-0.2, 0) is 0 Å². The van der Waals surface area contributed by atoms with Crippen LogP contribution >= 0.6 is 28.3 Å². The van der Waals surface area contributed by atoms with Gasteiger partial charge in [0.15, 0.2) is 10.4 Å². The highest BCUT2D eigenvalue weighted by Crippen LogP contribution is 2.20. The average Bonchev–Trinajstić information content (AvgIpc) is 3.23. The minimum absolute atomic E-state index is 0. The first-order chi connectivity index (χ1) is 11.6. The number of amides is 2. The second kappa shape index (κ2) is 8.51. The molecule has 2 amide bonds. The standard InChI is InChI=1S/C17H18BrN3O3.ClH/c18-15-5-4-14(24-15)16(22)20-13-3-1-2-12(8-13)17(23)21-7-6-11(9-19)10-21;/h1-5,8,11H,6-7,9-10,19H2,(H,20,22);1H. The molecule has 8 heteroatoms. The van der Waals surface area contributed by atoms with E-state index in [-0.39, 0.29) is 30.0 Å². The number of anilines is 1. The van der Waals surface area contributed by atoms with Crippen LogP contribution in [0.4, 0.5) is 5.69 Å². The first-order valence-electron chi connectivity index (χ1n) is 7.73. The van der Waals surface area contributed by atoms with Crippen LogP contribution < -0.4 is 11.1 Å². The summed E-state index contributed by atoms with van der Waals surface area (Å²) in [6.07, 6.45) is 0.937. The van der Waals surface area contributed by atoms with Crippen molar-refractivity contribution in [3.63, 3.8) is 0 Å². The van der Waals surface area contributed by atoms with Gasteiger partial charge in [-0.3, -0.25) is 9.59 Å². The van der Waals surface area contributed by atoms with Gasteiger partial charge in [-0.25, -0.2) is 0 Å². The molecule has 1 aliphatic rings. The molecule has 3 N–H and O–H groups in total. The van der Waals surface area contributed by atoms with Crippen molar-refractivity contribution in [3.05, 3.63) is 52.4 Å². The number of halogens is 2. The second-order valence-electron chi connectivity index (χ2n) is 5.78. The lowest BCUT2D eigenvalue weighted by Crippen LogP contribution is -2.29. The van der Waals surface area contributed by atoms with Gasteiger partial charge in [-0.05, 0) is 65.1 Å². The highest BCUT2D eigenvalue weighted by Gasteiger charge is 2.26. The largest absolute Gasteiger partial charge is 0.444 e. The van der Waals surface area contributed by atoms with Crippen molar-refractivity contribution >= 4 is 45.8 Å². The molecule has 0 radical (unpaired) electrons. The zero-order chi connectivity index (χ0) is 17.1. The minimum atomic E-state index is -0.366. The smallest absolute Gasteiger partial charge is 0.291 e. The van der Waals surface area contributed by atoms with E-state index in [0.717, 1.165) is 13.0 Å². The van der Waals surface area contributed by atoms with Gasteiger partial charge in [-0.2, -0.15) is 0 Å². The van der Waals surface area contributed by atoms with Gasteiger partial charge in [0.2, 0.25) is 0 Å². The number of carbonyl (C=O) groups excluding carboxylic acids is 2. The van der Waals surface area contributed by atoms with Gasteiger partial charge in [0.25, 0.3) is 11.8 Å². The van der Waals surface area contributed by atoms with Crippen LogP contribution in [-0.4, -0.2) is 36.3 Å². The molecule has 0 saturated carbocycles. The number of hydrogen-bond donors (Lipinski definition) is 2. The third-order valence-electron chi connectivity index (χ3n) is 4.07. The molecule has 6 nitrogen and oxygen atoms in total. The van der Waals surface area contributed by atoms with Crippen LogP contribution in [0, 0.1) is 5.92 Å². The summed E-state index contributed by atoms with van der Waals surface area (Å²) in [5.74, 6) is 0.163. The second-order valence-corrected chi connectivity index (χ2v) is 6.56. The molecule has 134 valence electrons. The van der Waals surface area contributed by atoms with Gasteiger partial charge in [0.05, 0.1) is 0 Å². The zero-order valence-electron chi connectivity index (χ0n) is 13.4. The van der Waals surface area contributed by atoms with Crippen LogP contribution in [0.15, 0.2) is 45.5 Å². The summed E-state index contributed by atoms with van der Waals surface area (Å²) in [5, 5.41) is 2.73. The van der Waals surface area contributed by atoms with E-state index in [2.05, 4.69) is 21.2 Å². The van der Waals surface area contributed by atoms with Crippen LogP contribution in [0.5, 0.6) is 0 Å². The molecule has 1 aromatic heterocycles. The maximum atomic E-state index is 12.6. The van der Waals surface area contributed by atoms with Crippen LogP contribution in [0.3, 0.4) is 0 Å². The maximum absolute atomic E-state index is 12.6. The molecule has 2 aromatic rings. The molecule has 1 atom stereocenters. The van der Waals surface area contributed by atoms with Gasteiger partial charge in [0.1, 0.15) is 0 Å². The molecule has 1 saturated heterocycles. The molecule has 1 unspecified atom stereocenters. The zero-order valence-corrected chi connectivity index (χ0v) is 15.8. The first kappa shape index (κ1) is 19.5. The Labute approximate surface area is 160 Å². The molecule has 2 heterocycles. The summed E-state index contributed by atoms with van der Waals surface area (Å²) in [6, 6.07) is 10.1. The Morgan fingerprint density at radius 2 is 2.12 bits per heavy atom. The van der Waals surface area contributed by atoms with Crippen LogP contribution in [0.25, 0.3) is 0 Å². The Morgan fingerprint density at radius 1 is 1.32 bits per heavy atom. The summed E-state index contributed by atoms with van der Waals surface area (Å²) >= 11 is 3.16. The van der Waals surface area contributed by atoms with Crippen molar-refractivity contribution in [1.82, 2.24) is 4.90 Å². The summed E-state index contributed by atoms with van der Waals surface area (Å²) in [7, 11) is 0. The van der Waals surface area contributed by atoms with Crippen LogP contribution in [0.1, 0.15) is 27.3 Å². The summed E-state index contributed by atoms with van der Waals surface area (Å²) < 4.78 is 5.70. The number of hydrogen-bond acceptors (Lipinski definition) is 4. The molecular formula is C17H19BrClN3O3. The normalized spacial score (nSPS) is 16.4. The highest BCUT2D eigenvalue weighted by atomic mass is 79.9. The molecule has 25 heavy (non-hydrogen) atoms. The van der Waals surface area contributed by atoms with E-state index in [0.29, 0.717) is 34.9 Å². The topological polar surface area (TPSA) is 88.6 Å².